The van der Waals surface area contributed by atoms with E-state index < -0.39 is 0 Å². The maximum atomic E-state index is 14.9. The van der Waals surface area contributed by atoms with E-state index in [-0.39, 0.29) is 18.3 Å². The lowest BCUT2D eigenvalue weighted by Crippen LogP contribution is -2.07. The van der Waals surface area contributed by atoms with Crippen molar-refractivity contribution in [1.82, 2.24) is 0 Å². The third-order valence-corrected chi connectivity index (χ3v) is 7.08. The van der Waals surface area contributed by atoms with Crippen LogP contribution in [-0.2, 0) is 6.61 Å². The summed E-state index contributed by atoms with van der Waals surface area (Å²) in [5.74, 6) is 6.81. The monoisotopic (exact) mass is 481 g/mol. The number of rotatable bonds is 7. The van der Waals surface area contributed by atoms with Gasteiger partial charge in [-0.3, -0.25) is 0 Å². The van der Waals surface area contributed by atoms with Crippen molar-refractivity contribution in [1.29, 1.82) is 0 Å². The van der Waals surface area contributed by atoms with Crippen molar-refractivity contribution in [3.8, 4) is 28.7 Å². The van der Waals surface area contributed by atoms with E-state index in [4.69, 9.17) is 4.74 Å². The molecule has 0 saturated heterocycles. The Bertz CT molecular complexity index is 1490. The van der Waals surface area contributed by atoms with Crippen LogP contribution in [0.4, 0.5) is 4.39 Å². The summed E-state index contributed by atoms with van der Waals surface area (Å²) < 4.78 is 21.6. The molecule has 0 N–H and O–H groups in total. The van der Waals surface area contributed by atoms with Crippen molar-refractivity contribution < 1.29 is 9.13 Å². The lowest BCUT2D eigenvalue weighted by atomic mass is 9.94. The summed E-state index contributed by atoms with van der Waals surface area (Å²) in [6.07, 6.45) is 0.706. The lowest BCUT2D eigenvalue weighted by Gasteiger charge is -2.12. The fourth-order valence-corrected chi connectivity index (χ4v) is 5.24. The van der Waals surface area contributed by atoms with Crippen LogP contribution in [0.3, 0.4) is 0 Å². The van der Waals surface area contributed by atoms with Gasteiger partial charge in [0, 0.05) is 17.4 Å². The van der Waals surface area contributed by atoms with E-state index in [1.165, 1.54) is 16.9 Å². The van der Waals surface area contributed by atoms with Gasteiger partial charge in [-0.1, -0.05) is 42.3 Å². The number of thiophene rings is 1. The van der Waals surface area contributed by atoms with Gasteiger partial charge in [0.2, 0.25) is 0 Å². The van der Waals surface area contributed by atoms with E-state index in [9.17, 15) is 4.39 Å². The van der Waals surface area contributed by atoms with Crippen LogP contribution in [0.15, 0.2) is 81.5 Å². The van der Waals surface area contributed by atoms with E-state index in [2.05, 4.69) is 46.3 Å². The van der Waals surface area contributed by atoms with Gasteiger partial charge in [-0.05, 0) is 71.0 Å². The van der Waals surface area contributed by atoms with Crippen molar-refractivity contribution >= 4 is 27.1 Å². The summed E-state index contributed by atoms with van der Waals surface area (Å²) in [7, 11) is 0. The summed E-state index contributed by atoms with van der Waals surface area (Å²) >= 11 is 1.44. The molecule has 0 fully saturated rings. The summed E-state index contributed by atoms with van der Waals surface area (Å²) in [6, 6.07) is 19.7. The smallest absolute Gasteiger partial charge is 0.141 e. The summed E-state index contributed by atoms with van der Waals surface area (Å²) in [5.41, 5.74) is 6.19. The van der Waals surface area contributed by atoms with Gasteiger partial charge in [-0.2, -0.15) is 5.11 Å². The number of hydrogen-bond donors (Lipinski definition) is 0. The van der Waals surface area contributed by atoms with Crippen LogP contribution in [0.5, 0.6) is 5.75 Å². The van der Waals surface area contributed by atoms with Gasteiger partial charge in [0.1, 0.15) is 24.7 Å². The first-order valence-corrected chi connectivity index (χ1v) is 12.3. The molecule has 3 aromatic carbocycles. The van der Waals surface area contributed by atoms with Crippen LogP contribution >= 0.6 is 11.3 Å². The molecule has 0 bridgehead atoms. The predicted octanol–water partition coefficient (Wildman–Crippen LogP) is 7.91. The SMILES string of the molecule is CC#C[C@@H](CC1=NN=NC1)c1ccc(OCc2cc(F)c3scc(-c4ccccc4C)c3c2)cc1. The van der Waals surface area contributed by atoms with Gasteiger partial charge in [0.25, 0.3) is 0 Å². The predicted molar refractivity (Wildman–Crippen MR) is 141 cm³/mol. The molecule has 4 nitrogen and oxygen atoms in total. The van der Waals surface area contributed by atoms with E-state index in [0.29, 0.717) is 17.7 Å². The maximum Gasteiger partial charge on any atom is 0.141 e. The number of nitrogens with zero attached hydrogens (tertiary/aromatic N) is 3. The third-order valence-electron chi connectivity index (χ3n) is 6.07. The largest absolute Gasteiger partial charge is 0.489 e. The average molecular weight is 482 g/mol. The maximum absolute atomic E-state index is 14.9. The van der Waals surface area contributed by atoms with Gasteiger partial charge >= 0.3 is 0 Å². The van der Waals surface area contributed by atoms with Gasteiger partial charge in [0.15, 0.2) is 0 Å². The van der Waals surface area contributed by atoms with Crippen LogP contribution < -0.4 is 4.74 Å². The fraction of sp³-hybridized carbons (Fsp3) is 0.207. The minimum absolute atomic E-state index is 0.0336. The van der Waals surface area contributed by atoms with Crippen LogP contribution in [0, 0.1) is 24.6 Å². The molecule has 1 aliphatic rings. The van der Waals surface area contributed by atoms with Crippen molar-refractivity contribution in [3.63, 3.8) is 0 Å². The molecule has 0 radical (unpaired) electrons. The standard InChI is InChI=1S/C29H24FN3OS/c1-3-6-22(15-23-16-31-33-32-23)21-9-11-24(12-10-21)34-17-20-13-26-27(18-35-29(26)28(30)14-20)25-8-5-4-7-19(25)2/h4-5,7-14,18,22H,15-17H2,1-2H3/t22-/m0/s1. The average Bonchev–Trinajstić information content (AvgIpc) is 3.54. The fourth-order valence-electron chi connectivity index (χ4n) is 4.29. The molecule has 6 heteroatoms. The van der Waals surface area contributed by atoms with Crippen molar-refractivity contribution in [2.45, 2.75) is 32.8 Å². The minimum atomic E-state index is -0.212. The van der Waals surface area contributed by atoms with E-state index in [0.717, 1.165) is 39.1 Å². The Morgan fingerprint density at radius 2 is 1.91 bits per heavy atom. The number of halogens is 1. The molecule has 2 heterocycles. The van der Waals surface area contributed by atoms with Crippen LogP contribution in [0.1, 0.15) is 36.0 Å². The van der Waals surface area contributed by atoms with Crippen molar-refractivity contribution in [2.75, 3.05) is 6.54 Å². The van der Waals surface area contributed by atoms with Crippen LogP contribution in [0.2, 0.25) is 0 Å². The molecule has 1 aliphatic heterocycles. The van der Waals surface area contributed by atoms with Gasteiger partial charge < -0.3 is 4.74 Å². The molecule has 174 valence electrons. The van der Waals surface area contributed by atoms with E-state index in [1.54, 1.807) is 6.07 Å². The topological polar surface area (TPSA) is 46.3 Å². The first-order valence-electron chi connectivity index (χ1n) is 11.4. The molecular weight excluding hydrogens is 457 g/mol. The number of fused-ring (bicyclic) bond motifs is 1. The number of hydrogen-bond acceptors (Lipinski definition) is 5. The minimum Gasteiger partial charge on any atom is -0.489 e. The Labute approximate surface area is 208 Å². The molecule has 35 heavy (non-hydrogen) atoms. The van der Waals surface area contributed by atoms with Crippen molar-refractivity contribution in [2.24, 2.45) is 15.4 Å². The zero-order chi connectivity index (χ0) is 24.2. The molecule has 0 unspecified atom stereocenters. The molecular formula is C29H24FN3OS. The van der Waals surface area contributed by atoms with Crippen molar-refractivity contribution in [3.05, 3.63) is 88.6 Å². The number of aryl methyl sites for hydroxylation is 1. The molecule has 1 atom stereocenters. The van der Waals surface area contributed by atoms with E-state index >= 15 is 0 Å². The highest BCUT2D eigenvalue weighted by Crippen LogP contribution is 2.37. The normalized spacial score (nSPS) is 13.4. The van der Waals surface area contributed by atoms with Gasteiger partial charge in [-0.15, -0.1) is 22.4 Å². The highest BCUT2D eigenvalue weighted by Gasteiger charge is 2.16. The Kier molecular flexibility index (Phi) is 6.69. The Morgan fingerprint density at radius 3 is 2.66 bits per heavy atom. The molecule has 1 aromatic heterocycles. The number of ether oxygens (including phenoxy) is 1. The second kappa shape index (κ2) is 10.2. The summed E-state index contributed by atoms with van der Waals surface area (Å²) in [5, 5.41) is 14.7. The molecule has 0 aliphatic carbocycles. The third kappa shape index (κ3) is 5.01. The molecule has 4 aromatic rings. The van der Waals surface area contributed by atoms with Crippen LogP contribution in [0.25, 0.3) is 21.2 Å². The van der Waals surface area contributed by atoms with Crippen LogP contribution in [-0.4, -0.2) is 12.3 Å². The first-order chi connectivity index (χ1) is 17.1. The quantitative estimate of drug-likeness (QED) is 0.247. The molecule has 5 rings (SSSR count). The zero-order valence-corrected chi connectivity index (χ0v) is 20.4. The van der Waals surface area contributed by atoms with E-state index in [1.807, 2.05) is 54.8 Å². The molecule has 0 spiro atoms. The first kappa shape index (κ1) is 22.9. The summed E-state index contributed by atoms with van der Waals surface area (Å²) in [4.78, 5) is 0. The Balaban J connectivity index is 1.33. The Hall–Kier alpha value is -3.82. The zero-order valence-electron chi connectivity index (χ0n) is 19.6. The van der Waals surface area contributed by atoms with Gasteiger partial charge in [0.05, 0.1) is 16.3 Å². The second-order valence-corrected chi connectivity index (χ2v) is 9.36. The second-order valence-electron chi connectivity index (χ2n) is 8.48. The molecule has 0 amide bonds. The number of benzene rings is 3. The summed E-state index contributed by atoms with van der Waals surface area (Å²) in [6.45, 7) is 4.74. The lowest BCUT2D eigenvalue weighted by molar-refractivity contribution is 0.305. The Morgan fingerprint density at radius 1 is 1.09 bits per heavy atom. The highest BCUT2D eigenvalue weighted by atomic mass is 32.1. The molecule has 0 saturated carbocycles. The van der Waals surface area contributed by atoms with Gasteiger partial charge in [-0.25, -0.2) is 4.39 Å². The highest BCUT2D eigenvalue weighted by molar-refractivity contribution is 7.17.